The minimum Gasteiger partial charge on any atom is -0.481 e. The lowest BCUT2D eigenvalue weighted by Crippen LogP contribution is -2.63. The van der Waals surface area contributed by atoms with Crippen molar-refractivity contribution < 1.29 is 29.0 Å². The summed E-state index contributed by atoms with van der Waals surface area (Å²) in [6.07, 6.45) is -0.273. The Kier molecular flexibility index (Phi) is 7.25. The monoisotopic (exact) mass is 438 g/mol. The molecular weight excluding hydrogens is 412 g/mol. The van der Waals surface area contributed by atoms with Crippen LogP contribution in [0.3, 0.4) is 0 Å². The van der Waals surface area contributed by atoms with Gasteiger partial charge in [-0.3, -0.25) is 19.3 Å². The SMILES string of the molecule is CCOC(=O)CCC1(CCC(=O)O)CN(c2ccccc2)C(=O)N(c2ccccc2)C1=O. The third kappa shape index (κ3) is 4.96. The van der Waals surface area contributed by atoms with Gasteiger partial charge in [0.05, 0.1) is 17.7 Å². The highest BCUT2D eigenvalue weighted by molar-refractivity contribution is 6.23. The number of carbonyl (C=O) groups is 4. The van der Waals surface area contributed by atoms with Gasteiger partial charge in [0, 0.05) is 25.1 Å². The van der Waals surface area contributed by atoms with Gasteiger partial charge in [0.2, 0.25) is 5.91 Å². The Hall–Kier alpha value is -3.68. The quantitative estimate of drug-likeness (QED) is 0.596. The number of hydrogen-bond acceptors (Lipinski definition) is 5. The summed E-state index contributed by atoms with van der Waals surface area (Å²) < 4.78 is 5.02. The predicted octanol–water partition coefficient (Wildman–Crippen LogP) is 3.85. The number of rotatable bonds is 9. The number of urea groups is 1. The molecule has 1 unspecified atom stereocenters. The van der Waals surface area contributed by atoms with Crippen molar-refractivity contribution in [2.45, 2.75) is 32.6 Å². The predicted molar refractivity (Wildman–Crippen MR) is 118 cm³/mol. The maximum absolute atomic E-state index is 13.8. The molecule has 1 atom stereocenters. The van der Waals surface area contributed by atoms with Crippen LogP contribution in [0.1, 0.15) is 32.6 Å². The maximum atomic E-state index is 13.8. The highest BCUT2D eigenvalue weighted by Gasteiger charge is 2.51. The van der Waals surface area contributed by atoms with Gasteiger partial charge in [-0.25, -0.2) is 9.69 Å². The van der Waals surface area contributed by atoms with E-state index in [9.17, 15) is 24.3 Å². The molecule has 1 aliphatic heterocycles. The first-order valence-electron chi connectivity index (χ1n) is 10.5. The number of benzene rings is 2. The Balaban J connectivity index is 2.07. The smallest absolute Gasteiger partial charge is 0.335 e. The van der Waals surface area contributed by atoms with E-state index >= 15 is 0 Å². The number of anilines is 2. The van der Waals surface area contributed by atoms with Crippen molar-refractivity contribution in [3.8, 4) is 0 Å². The van der Waals surface area contributed by atoms with Crippen LogP contribution in [-0.4, -0.2) is 42.1 Å². The minimum absolute atomic E-state index is 0.0134. The van der Waals surface area contributed by atoms with Crippen molar-refractivity contribution in [3.05, 3.63) is 60.7 Å². The number of carbonyl (C=O) groups excluding carboxylic acids is 3. The Bertz CT molecular complexity index is 978. The van der Waals surface area contributed by atoms with Crippen LogP contribution in [-0.2, 0) is 19.1 Å². The van der Waals surface area contributed by atoms with Crippen LogP contribution in [0.5, 0.6) is 0 Å². The summed E-state index contributed by atoms with van der Waals surface area (Å²) in [6, 6.07) is 16.9. The highest BCUT2D eigenvalue weighted by atomic mass is 16.5. The Morgan fingerprint density at radius 1 is 0.938 bits per heavy atom. The van der Waals surface area contributed by atoms with E-state index in [1.807, 2.05) is 6.07 Å². The molecule has 32 heavy (non-hydrogen) atoms. The summed E-state index contributed by atoms with van der Waals surface area (Å²) in [6.45, 7) is 1.88. The summed E-state index contributed by atoms with van der Waals surface area (Å²) in [5, 5.41) is 9.33. The third-order valence-electron chi connectivity index (χ3n) is 5.55. The van der Waals surface area contributed by atoms with Crippen LogP contribution >= 0.6 is 0 Å². The van der Waals surface area contributed by atoms with E-state index < -0.39 is 29.3 Å². The van der Waals surface area contributed by atoms with Crippen LogP contribution < -0.4 is 9.80 Å². The lowest BCUT2D eigenvalue weighted by atomic mass is 9.75. The zero-order valence-corrected chi connectivity index (χ0v) is 17.9. The second-order valence-electron chi connectivity index (χ2n) is 7.66. The number of carboxylic acid groups (broad SMARTS) is 1. The molecule has 0 aromatic heterocycles. The molecule has 1 heterocycles. The van der Waals surface area contributed by atoms with Gasteiger partial charge < -0.3 is 9.84 Å². The van der Waals surface area contributed by atoms with Gasteiger partial charge in [-0.2, -0.15) is 0 Å². The van der Waals surface area contributed by atoms with Crippen LogP contribution in [0.25, 0.3) is 0 Å². The van der Waals surface area contributed by atoms with E-state index in [1.165, 1.54) is 4.90 Å². The van der Waals surface area contributed by atoms with Crippen LogP contribution in [0.15, 0.2) is 60.7 Å². The molecule has 2 aromatic rings. The molecule has 1 fully saturated rings. The number of carboxylic acids is 1. The topological polar surface area (TPSA) is 104 Å². The molecule has 1 N–H and O–H groups in total. The van der Waals surface area contributed by atoms with E-state index in [0.29, 0.717) is 11.4 Å². The minimum atomic E-state index is -1.26. The lowest BCUT2D eigenvalue weighted by Gasteiger charge is -2.46. The Labute approximate surface area is 186 Å². The van der Waals surface area contributed by atoms with E-state index in [4.69, 9.17) is 4.74 Å². The molecule has 0 bridgehead atoms. The van der Waals surface area contributed by atoms with E-state index in [-0.39, 0.29) is 38.8 Å². The second kappa shape index (κ2) is 10.1. The maximum Gasteiger partial charge on any atom is 0.335 e. The van der Waals surface area contributed by atoms with Gasteiger partial charge >= 0.3 is 18.0 Å². The molecule has 2 aromatic carbocycles. The molecule has 8 heteroatoms. The number of hydrogen-bond donors (Lipinski definition) is 1. The standard InChI is InChI=1S/C24H26N2O6/c1-2-32-21(29)14-16-24(15-13-20(27)28)17-25(18-9-5-3-6-10-18)23(31)26(22(24)30)19-11-7-4-8-12-19/h3-12H,2,13-17H2,1H3,(H,27,28). The fourth-order valence-corrected chi connectivity index (χ4v) is 3.91. The molecule has 3 amide bonds. The molecule has 0 spiro atoms. The molecule has 0 radical (unpaired) electrons. The van der Waals surface area contributed by atoms with E-state index in [2.05, 4.69) is 0 Å². The van der Waals surface area contributed by atoms with Gasteiger partial charge in [0.25, 0.3) is 0 Å². The zero-order chi connectivity index (χ0) is 23.1. The van der Waals surface area contributed by atoms with Crippen molar-refractivity contribution in [1.29, 1.82) is 0 Å². The summed E-state index contributed by atoms with van der Waals surface area (Å²) in [7, 11) is 0. The average molecular weight is 438 g/mol. The molecule has 0 aliphatic carbocycles. The number of para-hydroxylation sites is 2. The van der Waals surface area contributed by atoms with E-state index in [1.54, 1.807) is 61.5 Å². The number of esters is 1. The van der Waals surface area contributed by atoms with Gasteiger partial charge in [-0.1, -0.05) is 36.4 Å². The molecule has 1 saturated heterocycles. The normalized spacial score (nSPS) is 18.5. The van der Waals surface area contributed by atoms with Gasteiger partial charge in [-0.15, -0.1) is 0 Å². The summed E-state index contributed by atoms with van der Waals surface area (Å²) in [4.78, 5) is 53.2. The lowest BCUT2D eigenvalue weighted by molar-refractivity contribution is -0.144. The van der Waals surface area contributed by atoms with Gasteiger partial charge in [0.1, 0.15) is 0 Å². The van der Waals surface area contributed by atoms with Crippen molar-refractivity contribution in [1.82, 2.24) is 0 Å². The molecule has 8 nitrogen and oxygen atoms in total. The second-order valence-corrected chi connectivity index (χ2v) is 7.66. The van der Waals surface area contributed by atoms with Gasteiger partial charge in [-0.05, 0) is 44.0 Å². The Morgan fingerprint density at radius 3 is 2.06 bits per heavy atom. The number of ether oxygens (including phenoxy) is 1. The summed E-state index contributed by atoms with van der Waals surface area (Å²) >= 11 is 0. The highest BCUT2D eigenvalue weighted by Crippen LogP contribution is 2.40. The van der Waals surface area contributed by atoms with Crippen molar-refractivity contribution >= 4 is 35.3 Å². The van der Waals surface area contributed by atoms with Crippen molar-refractivity contribution in [3.63, 3.8) is 0 Å². The first-order chi connectivity index (χ1) is 15.4. The van der Waals surface area contributed by atoms with Crippen molar-refractivity contribution in [2.75, 3.05) is 23.0 Å². The fraction of sp³-hybridized carbons (Fsp3) is 0.333. The largest absolute Gasteiger partial charge is 0.481 e. The van der Waals surface area contributed by atoms with Crippen LogP contribution in [0.4, 0.5) is 16.2 Å². The van der Waals surface area contributed by atoms with Gasteiger partial charge in [0.15, 0.2) is 0 Å². The molecule has 1 aliphatic rings. The summed E-state index contributed by atoms with van der Waals surface area (Å²) in [5.41, 5.74) is -0.286. The van der Waals surface area contributed by atoms with E-state index in [0.717, 1.165) is 4.90 Å². The fourth-order valence-electron chi connectivity index (χ4n) is 3.91. The molecule has 0 saturated carbocycles. The number of nitrogens with zero attached hydrogens (tertiary/aromatic N) is 2. The molecular formula is C24H26N2O6. The molecule has 3 rings (SSSR count). The first kappa shape index (κ1) is 23.0. The zero-order valence-electron chi connectivity index (χ0n) is 17.9. The third-order valence-corrected chi connectivity index (χ3v) is 5.55. The van der Waals surface area contributed by atoms with Crippen LogP contribution in [0.2, 0.25) is 0 Å². The number of imide groups is 1. The van der Waals surface area contributed by atoms with Crippen LogP contribution in [0, 0.1) is 5.41 Å². The van der Waals surface area contributed by atoms with Crippen molar-refractivity contribution in [2.24, 2.45) is 5.41 Å². The average Bonchev–Trinajstić information content (AvgIpc) is 2.80. The summed E-state index contributed by atoms with van der Waals surface area (Å²) in [5.74, 6) is -2.03. The molecule has 168 valence electrons. The number of amides is 3. The first-order valence-corrected chi connectivity index (χ1v) is 10.5. The Morgan fingerprint density at radius 2 is 1.50 bits per heavy atom. The number of aliphatic carboxylic acids is 1.